The normalized spacial score (nSPS) is 11.4. The Kier molecular flexibility index (Phi) is 6.72. The first-order valence-electron chi connectivity index (χ1n) is 10.1. The standard InChI is InChI=1S/C24H22N6OS/c1-17-10-12-21(13-11-17)30-23(19-7-4-3-5-8-19)28-29-24(30)32-16-22(31)27-26-18(2)20-9-6-14-25-15-20/h3-15H,16H2,1-2H3,(H,27,31)/b26-18-. The summed E-state index contributed by atoms with van der Waals surface area (Å²) in [6.45, 7) is 3.87. The van der Waals surface area contributed by atoms with Gasteiger partial charge in [0, 0.05) is 29.2 Å². The predicted molar refractivity (Wildman–Crippen MR) is 127 cm³/mol. The largest absolute Gasteiger partial charge is 0.272 e. The maximum atomic E-state index is 12.4. The second-order valence-corrected chi connectivity index (χ2v) is 8.05. The molecule has 1 N–H and O–H groups in total. The number of hydrogen-bond acceptors (Lipinski definition) is 6. The van der Waals surface area contributed by atoms with Crippen LogP contribution >= 0.6 is 11.8 Å². The van der Waals surface area contributed by atoms with E-state index in [1.807, 2.05) is 85.1 Å². The monoisotopic (exact) mass is 442 g/mol. The maximum Gasteiger partial charge on any atom is 0.250 e. The summed E-state index contributed by atoms with van der Waals surface area (Å²) in [7, 11) is 0. The summed E-state index contributed by atoms with van der Waals surface area (Å²) in [5.41, 5.74) is 7.19. The molecule has 0 bridgehead atoms. The van der Waals surface area contributed by atoms with E-state index in [0.29, 0.717) is 10.9 Å². The average Bonchev–Trinajstić information content (AvgIpc) is 3.27. The number of nitrogens with zero attached hydrogens (tertiary/aromatic N) is 5. The fraction of sp³-hybridized carbons (Fsp3) is 0.125. The van der Waals surface area contributed by atoms with Gasteiger partial charge in [-0.3, -0.25) is 14.3 Å². The lowest BCUT2D eigenvalue weighted by atomic mass is 10.2. The maximum absolute atomic E-state index is 12.4. The molecule has 0 fully saturated rings. The van der Waals surface area contributed by atoms with Crippen molar-refractivity contribution >= 4 is 23.4 Å². The zero-order chi connectivity index (χ0) is 22.3. The SMILES string of the molecule is C/C(=N/NC(=O)CSc1nnc(-c2ccccc2)n1-c1ccc(C)cc1)c1cccnc1. The van der Waals surface area contributed by atoms with Crippen LogP contribution in [0.1, 0.15) is 18.1 Å². The van der Waals surface area contributed by atoms with Crippen molar-refractivity contribution in [3.8, 4) is 17.1 Å². The number of thioether (sulfide) groups is 1. The van der Waals surface area contributed by atoms with Crippen molar-refractivity contribution in [2.45, 2.75) is 19.0 Å². The van der Waals surface area contributed by atoms with Crippen molar-refractivity contribution in [2.24, 2.45) is 5.10 Å². The van der Waals surface area contributed by atoms with Crippen molar-refractivity contribution < 1.29 is 4.79 Å². The molecule has 8 heteroatoms. The summed E-state index contributed by atoms with van der Waals surface area (Å²) in [4.78, 5) is 16.5. The van der Waals surface area contributed by atoms with Crippen LogP contribution in [0.15, 0.2) is 89.4 Å². The van der Waals surface area contributed by atoms with Crippen LogP contribution in [0.25, 0.3) is 17.1 Å². The quantitative estimate of drug-likeness (QED) is 0.262. The molecule has 4 rings (SSSR count). The second kappa shape index (κ2) is 10.0. The molecule has 2 aromatic carbocycles. The van der Waals surface area contributed by atoms with Crippen LogP contribution < -0.4 is 5.43 Å². The molecule has 2 aromatic heterocycles. The number of rotatable bonds is 7. The lowest BCUT2D eigenvalue weighted by molar-refractivity contribution is -0.118. The zero-order valence-corrected chi connectivity index (χ0v) is 18.6. The van der Waals surface area contributed by atoms with Gasteiger partial charge in [-0.05, 0) is 32.0 Å². The molecule has 0 saturated carbocycles. The summed E-state index contributed by atoms with van der Waals surface area (Å²) >= 11 is 1.31. The molecule has 32 heavy (non-hydrogen) atoms. The first kappa shape index (κ1) is 21.5. The number of aryl methyl sites for hydroxylation is 1. The Labute approximate surface area is 190 Å². The molecule has 4 aromatic rings. The Bertz CT molecular complexity index is 1220. The second-order valence-electron chi connectivity index (χ2n) is 7.11. The van der Waals surface area contributed by atoms with E-state index in [1.165, 1.54) is 17.3 Å². The molecular weight excluding hydrogens is 420 g/mol. The summed E-state index contributed by atoms with van der Waals surface area (Å²) in [6.07, 6.45) is 3.40. The first-order valence-corrected chi connectivity index (χ1v) is 11.0. The van der Waals surface area contributed by atoms with Crippen molar-refractivity contribution in [1.29, 1.82) is 0 Å². The van der Waals surface area contributed by atoms with Gasteiger partial charge in [0.1, 0.15) is 0 Å². The molecule has 0 aliphatic carbocycles. The number of carbonyl (C=O) groups excluding carboxylic acids is 1. The van der Waals surface area contributed by atoms with E-state index in [0.717, 1.165) is 22.6 Å². The Morgan fingerprint density at radius 2 is 1.81 bits per heavy atom. The Hall–Kier alpha value is -3.78. The van der Waals surface area contributed by atoms with Gasteiger partial charge in [-0.15, -0.1) is 10.2 Å². The van der Waals surface area contributed by atoms with E-state index in [4.69, 9.17) is 0 Å². The number of hydrogen-bond donors (Lipinski definition) is 1. The van der Waals surface area contributed by atoms with E-state index < -0.39 is 0 Å². The lowest BCUT2D eigenvalue weighted by Crippen LogP contribution is -2.21. The van der Waals surface area contributed by atoms with Gasteiger partial charge < -0.3 is 0 Å². The third kappa shape index (κ3) is 5.09. The van der Waals surface area contributed by atoms with Gasteiger partial charge in [0.05, 0.1) is 11.5 Å². The smallest absolute Gasteiger partial charge is 0.250 e. The molecule has 0 aliphatic rings. The van der Waals surface area contributed by atoms with Crippen molar-refractivity contribution in [2.75, 3.05) is 5.75 Å². The van der Waals surface area contributed by atoms with Crippen LogP contribution in [0.5, 0.6) is 0 Å². The third-order valence-electron chi connectivity index (χ3n) is 4.72. The molecule has 0 atom stereocenters. The van der Waals surface area contributed by atoms with Crippen LogP contribution in [-0.4, -0.2) is 37.1 Å². The highest BCUT2D eigenvalue weighted by atomic mass is 32.2. The molecular formula is C24H22N6OS. The molecule has 0 aliphatic heterocycles. The van der Waals surface area contributed by atoms with Crippen molar-refractivity contribution in [1.82, 2.24) is 25.2 Å². The summed E-state index contributed by atoms with van der Waals surface area (Å²) in [5.74, 6) is 0.656. The van der Waals surface area contributed by atoms with Crippen LogP contribution in [0.4, 0.5) is 0 Å². The van der Waals surface area contributed by atoms with E-state index in [9.17, 15) is 4.79 Å². The van der Waals surface area contributed by atoms with Crippen molar-refractivity contribution in [3.63, 3.8) is 0 Å². The van der Waals surface area contributed by atoms with Crippen molar-refractivity contribution in [3.05, 3.63) is 90.3 Å². The number of benzene rings is 2. The van der Waals surface area contributed by atoms with Crippen LogP contribution in [-0.2, 0) is 4.79 Å². The number of carbonyl (C=O) groups is 1. The Balaban J connectivity index is 1.53. The molecule has 0 radical (unpaired) electrons. The fourth-order valence-corrected chi connectivity index (χ4v) is 3.76. The topological polar surface area (TPSA) is 85.1 Å². The molecule has 160 valence electrons. The third-order valence-corrected chi connectivity index (χ3v) is 5.65. The highest BCUT2D eigenvalue weighted by molar-refractivity contribution is 7.99. The minimum absolute atomic E-state index is 0.155. The summed E-state index contributed by atoms with van der Waals surface area (Å²) in [6, 6.07) is 21.7. The van der Waals surface area contributed by atoms with Gasteiger partial charge in [0.15, 0.2) is 11.0 Å². The van der Waals surface area contributed by atoms with E-state index >= 15 is 0 Å². The van der Waals surface area contributed by atoms with Gasteiger partial charge >= 0.3 is 0 Å². The summed E-state index contributed by atoms with van der Waals surface area (Å²) < 4.78 is 1.97. The summed E-state index contributed by atoms with van der Waals surface area (Å²) in [5, 5.41) is 13.6. The number of hydrazone groups is 1. The molecule has 7 nitrogen and oxygen atoms in total. The molecule has 0 unspecified atom stereocenters. The highest BCUT2D eigenvalue weighted by Gasteiger charge is 2.17. The van der Waals surface area contributed by atoms with Gasteiger partial charge in [0.25, 0.3) is 5.91 Å². The average molecular weight is 443 g/mol. The van der Waals surface area contributed by atoms with Gasteiger partial charge in [-0.1, -0.05) is 65.9 Å². The zero-order valence-electron chi connectivity index (χ0n) is 17.8. The molecule has 0 spiro atoms. The van der Waals surface area contributed by atoms with E-state index in [1.54, 1.807) is 12.4 Å². The van der Waals surface area contributed by atoms with Gasteiger partial charge in [0.2, 0.25) is 0 Å². The number of amides is 1. The van der Waals surface area contributed by atoms with Crippen LogP contribution in [0.3, 0.4) is 0 Å². The molecule has 1 amide bonds. The number of aromatic nitrogens is 4. The van der Waals surface area contributed by atoms with Crippen LogP contribution in [0.2, 0.25) is 0 Å². The van der Waals surface area contributed by atoms with Crippen LogP contribution in [0, 0.1) is 6.92 Å². The Morgan fingerprint density at radius 3 is 2.53 bits per heavy atom. The van der Waals surface area contributed by atoms with E-state index in [-0.39, 0.29) is 11.7 Å². The molecule has 2 heterocycles. The van der Waals surface area contributed by atoms with Gasteiger partial charge in [-0.25, -0.2) is 5.43 Å². The fourth-order valence-electron chi connectivity index (χ4n) is 3.01. The first-order chi connectivity index (χ1) is 15.6. The minimum atomic E-state index is -0.224. The minimum Gasteiger partial charge on any atom is -0.272 e. The highest BCUT2D eigenvalue weighted by Crippen LogP contribution is 2.28. The van der Waals surface area contributed by atoms with Gasteiger partial charge in [-0.2, -0.15) is 5.10 Å². The number of nitrogens with one attached hydrogen (secondary N) is 1. The Morgan fingerprint density at radius 1 is 1.03 bits per heavy atom. The molecule has 0 saturated heterocycles. The predicted octanol–water partition coefficient (Wildman–Crippen LogP) is 4.27. The van der Waals surface area contributed by atoms with E-state index in [2.05, 4.69) is 25.7 Å². The number of pyridine rings is 1. The lowest BCUT2D eigenvalue weighted by Gasteiger charge is -2.10.